The van der Waals surface area contributed by atoms with Gasteiger partial charge >= 0.3 is 35.0 Å². The van der Waals surface area contributed by atoms with E-state index in [1.807, 2.05) is 32.1 Å². The second kappa shape index (κ2) is 23.5. The van der Waals surface area contributed by atoms with Gasteiger partial charge in [0.2, 0.25) is 0 Å². The normalized spacial score (nSPS) is 24.3. The average Bonchev–Trinajstić information content (AvgIpc) is 4.00. The summed E-state index contributed by atoms with van der Waals surface area (Å²) >= 11 is 0. The molecule has 2 aromatic heterocycles. The van der Waals surface area contributed by atoms with E-state index < -0.39 is 17.9 Å². The van der Waals surface area contributed by atoms with E-state index in [9.17, 15) is 19.2 Å². The molecule has 1 fully saturated rings. The molecule has 1 aliphatic carbocycles. The Morgan fingerprint density at radius 2 is 1.39 bits per heavy atom. The van der Waals surface area contributed by atoms with Crippen molar-refractivity contribution < 1.29 is 28.7 Å². The number of carbonyl (C=O) groups is 4. The maximum Gasteiger partial charge on any atom is 2.00 e. The zero-order valence-electron chi connectivity index (χ0n) is 42.3. The van der Waals surface area contributed by atoms with E-state index in [1.54, 1.807) is 6.92 Å². The van der Waals surface area contributed by atoms with Crippen LogP contribution >= 0.6 is 0 Å². The van der Waals surface area contributed by atoms with Crippen molar-refractivity contribution in [1.82, 2.24) is 9.97 Å². The minimum Gasteiger partial charge on any atom is -0.681 e. The number of carbonyl (C=O) groups excluding carboxylic acids is 4. The van der Waals surface area contributed by atoms with E-state index in [1.165, 1.54) is 58.5 Å². The molecule has 1 saturated heterocycles. The van der Waals surface area contributed by atoms with Crippen LogP contribution in [0.1, 0.15) is 189 Å². The molecule has 8 atom stereocenters. The van der Waals surface area contributed by atoms with Crippen LogP contribution in [-0.2, 0) is 19.1 Å². The second-order valence-electron chi connectivity index (χ2n) is 20.5. The summed E-state index contributed by atoms with van der Waals surface area (Å²) in [5.74, 6) is -0.245. The summed E-state index contributed by atoms with van der Waals surface area (Å²) in [4.78, 5) is 64.8. The van der Waals surface area contributed by atoms with Gasteiger partial charge in [0.25, 0.3) is 0 Å². The van der Waals surface area contributed by atoms with Crippen LogP contribution in [0.25, 0.3) is 34.4 Å². The van der Waals surface area contributed by atoms with Crippen LogP contribution in [0.15, 0.2) is 22.7 Å². The summed E-state index contributed by atoms with van der Waals surface area (Å²) in [7, 11) is 1.29. The number of allylic oxidation sites excluding steroid dienone is 3. The monoisotopic (exact) mass is 913 g/mol. The number of hydrogen-bond donors (Lipinski definition) is 0. The van der Waals surface area contributed by atoms with Gasteiger partial charge in [-0.05, 0) is 81.5 Å². The molecule has 0 saturated carbocycles. The Morgan fingerprint density at radius 3 is 1.98 bits per heavy atom. The molecule has 10 nitrogen and oxygen atoms in total. The van der Waals surface area contributed by atoms with E-state index in [-0.39, 0.29) is 64.8 Å². The first-order chi connectivity index (χ1) is 30.9. The fraction of sp³-hybridized carbons (Fsp3) is 0.636. The van der Waals surface area contributed by atoms with Crippen molar-refractivity contribution in [3.63, 3.8) is 0 Å². The van der Waals surface area contributed by atoms with Crippen molar-refractivity contribution in [2.24, 2.45) is 47.3 Å². The number of hydrogen-bond acceptors (Lipinski definition) is 6. The molecule has 0 N–H and O–H groups in total. The minimum atomic E-state index is -1.21. The third kappa shape index (κ3) is 11.9. The van der Waals surface area contributed by atoms with E-state index in [0.717, 1.165) is 59.5 Å². The van der Waals surface area contributed by atoms with E-state index in [2.05, 4.69) is 55.4 Å². The van der Waals surface area contributed by atoms with Gasteiger partial charge < -0.3 is 30.1 Å². The molecule has 1 unspecified atom stereocenters. The summed E-state index contributed by atoms with van der Waals surface area (Å²) in [6, 6.07) is -0.649. The van der Waals surface area contributed by atoms with Gasteiger partial charge in [0.05, 0.1) is 13.7 Å². The van der Waals surface area contributed by atoms with Crippen molar-refractivity contribution >= 4 is 70.4 Å². The van der Waals surface area contributed by atoms with Crippen LogP contribution in [0.4, 0.5) is 0 Å². The number of ether oxygens (including phenoxy) is 2. The minimum absolute atomic E-state index is 0. The van der Waals surface area contributed by atoms with Gasteiger partial charge in [0.15, 0.2) is 11.6 Å². The summed E-state index contributed by atoms with van der Waals surface area (Å²) in [6.07, 6.45) is 19.5. The largest absolute Gasteiger partial charge is 2.00 e. The molecule has 11 heteroatoms. The molecule has 66 heavy (non-hydrogen) atoms. The summed E-state index contributed by atoms with van der Waals surface area (Å²) in [6.45, 7) is 23.6. The van der Waals surface area contributed by atoms with Crippen LogP contribution in [0.3, 0.4) is 0 Å². The number of ketones is 2. The topological polar surface area (TPSA) is 143 Å². The number of fused-ring (bicyclic) bond motifs is 8. The standard InChI is InChI=1S/C55H77N4O6.Mg/c1-13-39-34(7)41-29-46-48(38(11)60)36(9)43(57-46)27-42-35(8)40(52(58-42)50-51(55(63)64-12)54(62)49-37(10)44(59-53(49)50)28-45(39)56-41)23-24-47(61)65-26-25-33(6)22-16-21-32(5)20-15-19-31(4)18-14-17-30(2)3;/h27-35,40,51-52H,13-26H2,1-12H3,(H-,56,57,60);/q-3;+2/p-1/b42-27-,44-28-;/t31-,32-,33?,34-,35+,40+,51-,52+;/m1./s1. The maximum absolute atomic E-state index is 14.4. The Hall–Kier alpha value is -3.83. The Labute approximate surface area is 411 Å². The zero-order chi connectivity index (χ0) is 47.3. The smallest absolute Gasteiger partial charge is 0.681 e. The predicted molar refractivity (Wildman–Crippen MR) is 266 cm³/mol. The summed E-state index contributed by atoms with van der Waals surface area (Å²) in [5, 5.41) is 11.4. The molecule has 0 spiro atoms. The van der Waals surface area contributed by atoms with E-state index >= 15 is 0 Å². The fourth-order valence-corrected chi connectivity index (χ4v) is 10.9. The van der Waals surface area contributed by atoms with E-state index in [0.29, 0.717) is 69.0 Å². The van der Waals surface area contributed by atoms with Gasteiger partial charge in [0.1, 0.15) is 5.92 Å². The van der Waals surface area contributed by atoms with Crippen LogP contribution in [0.2, 0.25) is 0 Å². The summed E-state index contributed by atoms with van der Waals surface area (Å²) < 4.78 is 11.1. The molecular weight excluding hydrogens is 837 g/mol. The second-order valence-corrected chi connectivity index (χ2v) is 20.5. The molecule has 8 bridgehead atoms. The molecule has 2 aromatic rings. The van der Waals surface area contributed by atoms with Crippen molar-refractivity contribution in [2.75, 3.05) is 13.7 Å². The van der Waals surface area contributed by atoms with Crippen LogP contribution < -0.4 is 20.7 Å². The average molecular weight is 914 g/mol. The van der Waals surface area contributed by atoms with Gasteiger partial charge in [-0.1, -0.05) is 160 Å². The van der Waals surface area contributed by atoms with Gasteiger partial charge in [-0.15, -0.1) is 27.8 Å². The van der Waals surface area contributed by atoms with Crippen molar-refractivity contribution in [3.8, 4) is 0 Å². The Bertz CT molecular complexity index is 2330. The van der Waals surface area contributed by atoms with Gasteiger partial charge in [0, 0.05) is 17.5 Å². The first kappa shape index (κ1) is 53.1. The third-order valence-corrected chi connectivity index (χ3v) is 15.1. The van der Waals surface area contributed by atoms with Gasteiger partial charge in [-0.3, -0.25) is 19.2 Å². The molecule has 4 aliphatic rings. The van der Waals surface area contributed by atoms with E-state index in [4.69, 9.17) is 30.1 Å². The number of aromatic nitrogens is 2. The van der Waals surface area contributed by atoms with Gasteiger partial charge in [-0.25, -0.2) is 0 Å². The number of rotatable bonds is 21. The van der Waals surface area contributed by atoms with Crippen LogP contribution in [0, 0.1) is 61.2 Å². The molecule has 3 aliphatic heterocycles. The molecule has 6 rings (SSSR count). The Morgan fingerprint density at radius 1 is 0.788 bits per heavy atom. The zero-order valence-corrected chi connectivity index (χ0v) is 43.7. The molecule has 5 heterocycles. The van der Waals surface area contributed by atoms with Crippen molar-refractivity contribution in [2.45, 2.75) is 166 Å². The quantitative estimate of drug-likeness (QED) is 0.0521. The molecule has 0 aromatic carbocycles. The SMILES string of the molecule is CCC1=C2/C=c3\[n-]c4c(c3C)C(=O)[C@H](C(=O)OC)C=4[C@H]3[N-]/C(=C\c4[n-]c(c(C(C)=O)c4C)/C=C(\[N-]2)[C@@H]1C)[C@@H](C)[C@@H]3CCC(=O)OCCC(C)CCC[C@H](C)CCC[C@H](C)CCCC(C)C.[Mg+2]. The van der Waals surface area contributed by atoms with Crippen molar-refractivity contribution in [3.05, 3.63) is 77.6 Å². The molecular formula is C55H76MgN4O6-2. The van der Waals surface area contributed by atoms with Gasteiger partial charge in [-0.2, -0.15) is 11.4 Å². The third-order valence-electron chi connectivity index (χ3n) is 15.1. The first-order valence-electron chi connectivity index (χ1n) is 24.9. The Balaban J connectivity index is 0.00000817. The number of Topliss-reactive ketones (excluding diaryl/α,β-unsaturated/α-hetero) is 2. The number of esters is 2. The fourth-order valence-electron chi connectivity index (χ4n) is 10.9. The molecule has 0 amide bonds. The number of methoxy groups -OCH3 is 1. The molecule has 356 valence electrons. The predicted octanol–water partition coefficient (Wildman–Crippen LogP) is 10.8. The number of nitrogens with zero attached hydrogens (tertiary/aromatic N) is 4. The Kier molecular flexibility index (Phi) is 18.9. The molecule has 0 radical (unpaired) electrons. The maximum atomic E-state index is 14.4. The van der Waals surface area contributed by atoms with Crippen LogP contribution in [0.5, 0.6) is 0 Å². The first-order valence-corrected chi connectivity index (χ1v) is 24.9. The van der Waals surface area contributed by atoms with Crippen LogP contribution in [-0.4, -0.2) is 66.3 Å². The van der Waals surface area contributed by atoms with Crippen molar-refractivity contribution in [1.29, 1.82) is 0 Å². The summed E-state index contributed by atoms with van der Waals surface area (Å²) in [5.41, 5.74) is 7.50.